The number of benzene rings is 1. The summed E-state index contributed by atoms with van der Waals surface area (Å²) in [5.74, 6) is 0.787. The Kier molecular flexibility index (Phi) is 3.68. The van der Waals surface area contributed by atoms with Gasteiger partial charge in [0.2, 0.25) is 5.91 Å². The highest BCUT2D eigenvalue weighted by molar-refractivity contribution is 5.84. The number of fused-ring (bicyclic) bond motifs is 1. The molecule has 21 heavy (non-hydrogen) atoms. The molecule has 0 aliphatic rings. The second-order valence-electron chi connectivity index (χ2n) is 5.04. The minimum absolute atomic E-state index is 0.0941. The van der Waals surface area contributed by atoms with Crippen LogP contribution in [0.4, 0.5) is 0 Å². The largest absolute Gasteiger partial charge is 0.361 e. The van der Waals surface area contributed by atoms with Gasteiger partial charge in [-0.2, -0.15) is 5.10 Å². The third kappa shape index (κ3) is 2.94. The summed E-state index contributed by atoms with van der Waals surface area (Å²) in [5.41, 5.74) is 2.28. The number of rotatable bonds is 5. The summed E-state index contributed by atoms with van der Waals surface area (Å²) in [7, 11) is 1.78. The number of nitrogens with zero attached hydrogens (tertiary/aromatic N) is 3. The van der Waals surface area contributed by atoms with Crippen molar-refractivity contribution in [2.45, 2.75) is 19.4 Å². The number of carbonyl (C=O) groups excluding carboxylic acids is 1. The van der Waals surface area contributed by atoms with Gasteiger partial charge in [0.1, 0.15) is 12.2 Å². The van der Waals surface area contributed by atoms with Crippen molar-refractivity contribution in [2.24, 2.45) is 0 Å². The van der Waals surface area contributed by atoms with Gasteiger partial charge in [0.15, 0.2) is 0 Å². The summed E-state index contributed by atoms with van der Waals surface area (Å²) < 4.78 is 0. The Bertz CT molecular complexity index is 731. The third-order valence-electron chi connectivity index (χ3n) is 3.56. The Morgan fingerprint density at radius 3 is 3.00 bits per heavy atom. The van der Waals surface area contributed by atoms with Crippen LogP contribution in [0.5, 0.6) is 0 Å². The maximum absolute atomic E-state index is 12.2. The molecule has 0 saturated carbocycles. The minimum atomic E-state index is 0.0941. The molecule has 3 aromatic rings. The maximum Gasteiger partial charge on any atom is 0.223 e. The fraction of sp³-hybridized carbons (Fsp3) is 0.267. The lowest BCUT2D eigenvalue weighted by Crippen LogP contribution is -2.26. The molecule has 2 aromatic heterocycles. The second-order valence-corrected chi connectivity index (χ2v) is 5.04. The molecule has 0 bridgehead atoms. The van der Waals surface area contributed by atoms with Crippen molar-refractivity contribution in [2.75, 3.05) is 7.05 Å². The zero-order valence-electron chi connectivity index (χ0n) is 11.8. The van der Waals surface area contributed by atoms with Gasteiger partial charge in [-0.25, -0.2) is 4.98 Å². The summed E-state index contributed by atoms with van der Waals surface area (Å²) in [6.07, 6.45) is 4.63. The molecule has 1 aromatic carbocycles. The first-order valence-corrected chi connectivity index (χ1v) is 6.87. The number of aryl methyl sites for hydroxylation is 1. The van der Waals surface area contributed by atoms with E-state index in [1.54, 1.807) is 11.9 Å². The van der Waals surface area contributed by atoms with E-state index < -0.39 is 0 Å². The van der Waals surface area contributed by atoms with E-state index in [1.807, 2.05) is 24.4 Å². The minimum Gasteiger partial charge on any atom is -0.361 e. The van der Waals surface area contributed by atoms with E-state index in [1.165, 1.54) is 17.3 Å². The van der Waals surface area contributed by atoms with Gasteiger partial charge in [-0.05, 0) is 18.1 Å². The van der Waals surface area contributed by atoms with Gasteiger partial charge in [0, 0.05) is 30.6 Å². The number of aromatic nitrogens is 4. The SMILES string of the molecule is CN(Cc1ncn[nH]1)C(=O)CCc1c[nH]c2ccccc12. The van der Waals surface area contributed by atoms with Crippen LogP contribution in [-0.4, -0.2) is 38.0 Å². The van der Waals surface area contributed by atoms with Crippen LogP contribution in [0.3, 0.4) is 0 Å². The number of hydrogen-bond acceptors (Lipinski definition) is 3. The Labute approximate surface area is 122 Å². The van der Waals surface area contributed by atoms with Gasteiger partial charge in [0.05, 0.1) is 6.54 Å². The summed E-state index contributed by atoms with van der Waals surface area (Å²) in [4.78, 5) is 21.1. The summed E-state index contributed by atoms with van der Waals surface area (Å²) in [6, 6.07) is 8.12. The number of para-hydroxylation sites is 1. The van der Waals surface area contributed by atoms with Gasteiger partial charge in [-0.15, -0.1) is 0 Å². The monoisotopic (exact) mass is 283 g/mol. The number of carbonyl (C=O) groups is 1. The van der Waals surface area contributed by atoms with Crippen LogP contribution in [0.15, 0.2) is 36.8 Å². The first-order valence-electron chi connectivity index (χ1n) is 6.87. The zero-order valence-corrected chi connectivity index (χ0v) is 11.8. The van der Waals surface area contributed by atoms with E-state index in [0.29, 0.717) is 18.8 Å². The normalized spacial score (nSPS) is 10.9. The molecule has 0 spiro atoms. The Balaban J connectivity index is 1.60. The van der Waals surface area contributed by atoms with Crippen LogP contribution < -0.4 is 0 Å². The van der Waals surface area contributed by atoms with Crippen LogP contribution >= 0.6 is 0 Å². The molecule has 108 valence electrons. The van der Waals surface area contributed by atoms with Crippen LogP contribution in [-0.2, 0) is 17.8 Å². The molecular weight excluding hydrogens is 266 g/mol. The van der Waals surface area contributed by atoms with E-state index in [-0.39, 0.29) is 5.91 Å². The lowest BCUT2D eigenvalue weighted by atomic mass is 10.1. The molecule has 0 fully saturated rings. The number of hydrogen-bond donors (Lipinski definition) is 2. The molecule has 6 heteroatoms. The van der Waals surface area contributed by atoms with E-state index in [0.717, 1.165) is 11.9 Å². The highest BCUT2D eigenvalue weighted by atomic mass is 16.2. The van der Waals surface area contributed by atoms with E-state index in [2.05, 4.69) is 26.2 Å². The van der Waals surface area contributed by atoms with Gasteiger partial charge in [-0.3, -0.25) is 9.89 Å². The quantitative estimate of drug-likeness (QED) is 0.750. The Morgan fingerprint density at radius 2 is 2.19 bits per heavy atom. The van der Waals surface area contributed by atoms with Crippen LogP contribution in [0.1, 0.15) is 17.8 Å². The number of amides is 1. The topological polar surface area (TPSA) is 77.7 Å². The molecule has 0 aliphatic carbocycles. The predicted molar refractivity (Wildman–Crippen MR) is 79.5 cm³/mol. The molecule has 6 nitrogen and oxygen atoms in total. The average molecular weight is 283 g/mol. The van der Waals surface area contributed by atoms with E-state index in [9.17, 15) is 4.79 Å². The Morgan fingerprint density at radius 1 is 1.33 bits per heavy atom. The van der Waals surface area contributed by atoms with Crippen molar-refractivity contribution in [3.8, 4) is 0 Å². The van der Waals surface area contributed by atoms with Gasteiger partial charge < -0.3 is 9.88 Å². The van der Waals surface area contributed by atoms with Crippen molar-refractivity contribution >= 4 is 16.8 Å². The van der Waals surface area contributed by atoms with Crippen LogP contribution in [0, 0.1) is 0 Å². The molecule has 0 aliphatic heterocycles. The number of H-pyrrole nitrogens is 2. The van der Waals surface area contributed by atoms with E-state index >= 15 is 0 Å². The average Bonchev–Trinajstić information content (AvgIpc) is 3.14. The van der Waals surface area contributed by atoms with Gasteiger partial charge in [0.25, 0.3) is 0 Å². The molecule has 2 heterocycles. The molecule has 0 atom stereocenters. The summed E-state index contributed by atoms with van der Waals surface area (Å²) in [6.45, 7) is 0.451. The number of nitrogens with one attached hydrogen (secondary N) is 2. The van der Waals surface area contributed by atoms with Crippen molar-refractivity contribution in [3.63, 3.8) is 0 Å². The summed E-state index contributed by atoms with van der Waals surface area (Å²) >= 11 is 0. The number of aromatic amines is 2. The Hall–Kier alpha value is -2.63. The molecule has 3 rings (SSSR count). The van der Waals surface area contributed by atoms with Crippen molar-refractivity contribution < 1.29 is 4.79 Å². The molecule has 0 saturated heterocycles. The molecule has 1 amide bonds. The first kappa shape index (κ1) is 13.4. The highest BCUT2D eigenvalue weighted by Crippen LogP contribution is 2.19. The summed E-state index contributed by atoms with van der Waals surface area (Å²) in [5, 5.41) is 7.72. The smallest absolute Gasteiger partial charge is 0.223 e. The second kappa shape index (κ2) is 5.78. The molecule has 0 unspecified atom stereocenters. The van der Waals surface area contributed by atoms with Crippen molar-refractivity contribution in [3.05, 3.63) is 48.2 Å². The van der Waals surface area contributed by atoms with Crippen LogP contribution in [0.25, 0.3) is 10.9 Å². The third-order valence-corrected chi connectivity index (χ3v) is 3.56. The lowest BCUT2D eigenvalue weighted by Gasteiger charge is -2.15. The van der Waals surface area contributed by atoms with Crippen molar-refractivity contribution in [1.82, 2.24) is 25.1 Å². The maximum atomic E-state index is 12.2. The fourth-order valence-electron chi connectivity index (χ4n) is 2.39. The predicted octanol–water partition coefficient (Wildman–Crippen LogP) is 1.88. The standard InChI is InChI=1S/C15H17N5O/c1-20(9-14-17-10-18-19-14)15(21)7-6-11-8-16-13-5-3-2-4-12(11)13/h2-5,8,10,16H,6-7,9H2,1H3,(H,17,18,19). The van der Waals surface area contributed by atoms with Gasteiger partial charge >= 0.3 is 0 Å². The zero-order chi connectivity index (χ0) is 14.7. The molecule has 0 radical (unpaired) electrons. The van der Waals surface area contributed by atoms with Crippen molar-refractivity contribution in [1.29, 1.82) is 0 Å². The first-order chi connectivity index (χ1) is 10.2. The molecule has 2 N–H and O–H groups in total. The highest BCUT2D eigenvalue weighted by Gasteiger charge is 2.12. The lowest BCUT2D eigenvalue weighted by molar-refractivity contribution is -0.130. The van der Waals surface area contributed by atoms with Crippen LogP contribution in [0.2, 0.25) is 0 Å². The van der Waals surface area contributed by atoms with E-state index in [4.69, 9.17) is 0 Å². The fourth-order valence-corrected chi connectivity index (χ4v) is 2.39. The molecular formula is C15H17N5O. The van der Waals surface area contributed by atoms with Gasteiger partial charge in [-0.1, -0.05) is 18.2 Å².